The number of aromatic nitrogens is 2. The average molecular weight is 402 g/mol. The molecule has 1 aromatic heterocycles. The molecule has 11 heteroatoms. The number of rotatable bonds is 9. The Bertz CT molecular complexity index is 902. The van der Waals surface area contributed by atoms with E-state index < -0.39 is 23.9 Å². The maximum atomic E-state index is 12.3. The van der Waals surface area contributed by atoms with Gasteiger partial charge in [-0.1, -0.05) is 0 Å². The number of nitrogens with two attached hydrogens (primary N) is 2. The molecule has 0 aliphatic carbocycles. The molecule has 0 aliphatic heterocycles. The molecule has 0 spiro atoms. The van der Waals surface area contributed by atoms with E-state index in [4.69, 9.17) is 21.7 Å². The predicted molar refractivity (Wildman–Crippen MR) is 105 cm³/mol. The van der Waals surface area contributed by atoms with Gasteiger partial charge in [-0.05, 0) is 30.7 Å². The van der Waals surface area contributed by atoms with Crippen LogP contribution < -0.4 is 21.7 Å². The number of carboxylic acids is 2. The van der Waals surface area contributed by atoms with Crippen molar-refractivity contribution in [1.29, 1.82) is 0 Å². The topological polar surface area (TPSA) is 185 Å². The standard InChI is InChI=1S/C18H22N6O5/c1-24(9-11-8-21-18(20)23-15(11)19)12-4-2-10(3-5-12)16(27)22-13(17(28)29)6-7-14(25)26/h2-5,8,13H,6-7,9H2,1H3,(H,22,27)(H,25,26)(H,28,29)(H4,19,20,21,23)/t13-/m1/s1. The summed E-state index contributed by atoms with van der Waals surface area (Å²) < 4.78 is 0. The van der Waals surface area contributed by atoms with Crippen molar-refractivity contribution in [2.24, 2.45) is 0 Å². The number of carbonyl (C=O) groups excluding carboxylic acids is 1. The normalized spacial score (nSPS) is 11.5. The third-order valence-corrected chi connectivity index (χ3v) is 4.14. The Kier molecular flexibility index (Phi) is 6.90. The molecule has 11 nitrogen and oxygen atoms in total. The number of aliphatic carboxylic acids is 2. The van der Waals surface area contributed by atoms with Crippen molar-refractivity contribution in [3.8, 4) is 0 Å². The van der Waals surface area contributed by atoms with Gasteiger partial charge in [0.25, 0.3) is 5.91 Å². The third-order valence-electron chi connectivity index (χ3n) is 4.14. The lowest BCUT2D eigenvalue weighted by atomic mass is 10.1. The van der Waals surface area contributed by atoms with Crippen molar-refractivity contribution >= 4 is 35.3 Å². The van der Waals surface area contributed by atoms with Gasteiger partial charge < -0.3 is 31.9 Å². The van der Waals surface area contributed by atoms with Gasteiger partial charge in [-0.15, -0.1) is 0 Å². The maximum Gasteiger partial charge on any atom is 0.326 e. The van der Waals surface area contributed by atoms with Gasteiger partial charge in [0.15, 0.2) is 0 Å². The number of carboxylic acid groups (broad SMARTS) is 2. The lowest BCUT2D eigenvalue weighted by molar-refractivity contribution is -0.140. The molecule has 2 rings (SSSR count). The summed E-state index contributed by atoms with van der Waals surface area (Å²) in [5.41, 5.74) is 13.0. The molecule has 0 aliphatic rings. The van der Waals surface area contributed by atoms with Gasteiger partial charge in [0.1, 0.15) is 11.9 Å². The summed E-state index contributed by atoms with van der Waals surface area (Å²) in [6.45, 7) is 0.411. The highest BCUT2D eigenvalue weighted by Crippen LogP contribution is 2.18. The van der Waals surface area contributed by atoms with Crippen LogP contribution in [0.15, 0.2) is 30.5 Å². The summed E-state index contributed by atoms with van der Waals surface area (Å²) in [6, 6.07) is 5.18. The van der Waals surface area contributed by atoms with E-state index in [-0.39, 0.29) is 30.2 Å². The highest BCUT2D eigenvalue weighted by atomic mass is 16.4. The first-order chi connectivity index (χ1) is 13.7. The van der Waals surface area contributed by atoms with Crippen LogP contribution in [0.3, 0.4) is 0 Å². The van der Waals surface area contributed by atoms with Gasteiger partial charge in [0.2, 0.25) is 5.95 Å². The zero-order valence-electron chi connectivity index (χ0n) is 15.7. The summed E-state index contributed by atoms with van der Waals surface area (Å²) >= 11 is 0. The summed E-state index contributed by atoms with van der Waals surface area (Å²) in [6.07, 6.45) is 0.973. The van der Waals surface area contributed by atoms with E-state index in [0.717, 1.165) is 5.69 Å². The van der Waals surface area contributed by atoms with Crippen LogP contribution in [0, 0.1) is 0 Å². The quantitative estimate of drug-likeness (QED) is 0.391. The number of anilines is 3. The van der Waals surface area contributed by atoms with Crippen LogP contribution >= 0.6 is 0 Å². The molecular formula is C18H22N6O5. The van der Waals surface area contributed by atoms with Crippen LogP contribution in [-0.4, -0.2) is 51.1 Å². The van der Waals surface area contributed by atoms with E-state index >= 15 is 0 Å². The molecule has 1 amide bonds. The number of hydrogen-bond acceptors (Lipinski definition) is 8. The molecule has 7 N–H and O–H groups in total. The first-order valence-electron chi connectivity index (χ1n) is 8.61. The molecule has 0 bridgehead atoms. The minimum Gasteiger partial charge on any atom is -0.481 e. The molecule has 1 heterocycles. The molecule has 0 radical (unpaired) electrons. The molecule has 1 atom stereocenters. The fraction of sp³-hybridized carbons (Fsp3) is 0.278. The van der Waals surface area contributed by atoms with Gasteiger partial charge in [0.05, 0.1) is 0 Å². The minimum atomic E-state index is -1.29. The number of amides is 1. The summed E-state index contributed by atoms with van der Waals surface area (Å²) in [5.74, 6) is -2.66. The van der Waals surface area contributed by atoms with Crippen LogP contribution in [0.4, 0.5) is 17.5 Å². The molecular weight excluding hydrogens is 380 g/mol. The van der Waals surface area contributed by atoms with Crippen LogP contribution in [0.5, 0.6) is 0 Å². The summed E-state index contributed by atoms with van der Waals surface area (Å²) in [7, 11) is 1.82. The number of nitrogens with zero attached hydrogens (tertiary/aromatic N) is 3. The molecule has 1 aromatic carbocycles. The summed E-state index contributed by atoms with van der Waals surface area (Å²) in [4.78, 5) is 43.8. The van der Waals surface area contributed by atoms with Gasteiger partial charge in [-0.2, -0.15) is 4.98 Å². The first-order valence-corrected chi connectivity index (χ1v) is 8.61. The molecule has 29 heavy (non-hydrogen) atoms. The number of hydrogen-bond donors (Lipinski definition) is 5. The maximum absolute atomic E-state index is 12.3. The smallest absolute Gasteiger partial charge is 0.326 e. The Morgan fingerprint density at radius 2 is 1.83 bits per heavy atom. The van der Waals surface area contributed by atoms with Crippen LogP contribution in [0.25, 0.3) is 0 Å². The Morgan fingerprint density at radius 3 is 2.38 bits per heavy atom. The van der Waals surface area contributed by atoms with Gasteiger partial charge in [0, 0.05) is 43.0 Å². The molecule has 0 fully saturated rings. The van der Waals surface area contributed by atoms with Crippen LogP contribution in [0.2, 0.25) is 0 Å². The van der Waals surface area contributed by atoms with E-state index in [2.05, 4.69) is 15.3 Å². The van der Waals surface area contributed by atoms with Crippen LogP contribution in [-0.2, 0) is 16.1 Å². The second-order valence-corrected chi connectivity index (χ2v) is 6.34. The number of nitrogen functional groups attached to an aromatic ring is 2. The van der Waals surface area contributed by atoms with Crippen molar-refractivity contribution in [2.45, 2.75) is 25.4 Å². The molecule has 0 saturated heterocycles. The van der Waals surface area contributed by atoms with E-state index in [0.29, 0.717) is 12.1 Å². The van der Waals surface area contributed by atoms with Crippen molar-refractivity contribution < 1.29 is 24.6 Å². The fourth-order valence-corrected chi connectivity index (χ4v) is 2.54. The number of carbonyl (C=O) groups is 3. The zero-order valence-corrected chi connectivity index (χ0v) is 15.7. The average Bonchev–Trinajstić information content (AvgIpc) is 2.66. The number of nitrogens with one attached hydrogen (secondary N) is 1. The minimum absolute atomic E-state index is 0.0901. The van der Waals surface area contributed by atoms with E-state index in [9.17, 15) is 14.4 Å². The monoisotopic (exact) mass is 402 g/mol. The first kappa shape index (κ1) is 21.4. The highest BCUT2D eigenvalue weighted by molar-refractivity contribution is 5.97. The Hall–Kier alpha value is -3.89. The lowest BCUT2D eigenvalue weighted by Gasteiger charge is -2.20. The van der Waals surface area contributed by atoms with Gasteiger partial charge >= 0.3 is 11.9 Å². The molecule has 154 valence electrons. The third kappa shape index (κ3) is 6.06. The second kappa shape index (κ2) is 9.35. The molecule has 0 unspecified atom stereocenters. The van der Waals surface area contributed by atoms with Crippen molar-refractivity contribution in [3.05, 3.63) is 41.6 Å². The largest absolute Gasteiger partial charge is 0.481 e. The Morgan fingerprint density at radius 1 is 1.17 bits per heavy atom. The Labute approximate surface area is 166 Å². The number of benzene rings is 1. The van der Waals surface area contributed by atoms with Crippen molar-refractivity contribution in [2.75, 3.05) is 23.4 Å². The van der Waals surface area contributed by atoms with Crippen molar-refractivity contribution in [3.63, 3.8) is 0 Å². The van der Waals surface area contributed by atoms with E-state index in [1.165, 1.54) is 0 Å². The predicted octanol–water partition coefficient (Wildman–Crippen LogP) is 0.325. The second-order valence-electron chi connectivity index (χ2n) is 6.34. The molecule has 0 saturated carbocycles. The summed E-state index contributed by atoms with van der Waals surface area (Å²) in [5, 5.41) is 20.1. The van der Waals surface area contributed by atoms with Gasteiger partial charge in [-0.25, -0.2) is 9.78 Å². The van der Waals surface area contributed by atoms with Gasteiger partial charge in [-0.3, -0.25) is 9.59 Å². The van der Waals surface area contributed by atoms with Crippen LogP contribution in [0.1, 0.15) is 28.8 Å². The highest BCUT2D eigenvalue weighted by Gasteiger charge is 2.21. The lowest BCUT2D eigenvalue weighted by Crippen LogP contribution is -2.41. The van der Waals surface area contributed by atoms with Crippen molar-refractivity contribution in [1.82, 2.24) is 15.3 Å². The fourth-order valence-electron chi connectivity index (χ4n) is 2.54. The zero-order chi connectivity index (χ0) is 21.6. The van der Waals surface area contributed by atoms with E-state index in [1.807, 2.05) is 11.9 Å². The Balaban J connectivity index is 2.03. The SMILES string of the molecule is CN(Cc1cnc(N)nc1N)c1ccc(C(=O)N[C@H](CCC(=O)O)C(=O)O)cc1. The molecule has 2 aromatic rings. The van der Waals surface area contributed by atoms with E-state index in [1.54, 1.807) is 30.5 Å².